The number of aryl methyl sites for hydroxylation is 2. The second-order valence-electron chi connectivity index (χ2n) is 5.32. The van der Waals surface area contributed by atoms with E-state index in [9.17, 15) is 4.79 Å². The molecule has 2 aromatic rings. The van der Waals surface area contributed by atoms with Gasteiger partial charge < -0.3 is 9.52 Å². The molecule has 106 valence electrons. The molecule has 2 aromatic heterocycles. The molecule has 5 nitrogen and oxygen atoms in total. The van der Waals surface area contributed by atoms with E-state index in [1.807, 2.05) is 6.92 Å². The first-order chi connectivity index (χ1) is 9.61. The van der Waals surface area contributed by atoms with Gasteiger partial charge in [0, 0.05) is 17.7 Å². The first-order valence-corrected chi connectivity index (χ1v) is 7.59. The Morgan fingerprint density at radius 1 is 1.50 bits per heavy atom. The summed E-state index contributed by atoms with van der Waals surface area (Å²) < 4.78 is 5.65. The van der Waals surface area contributed by atoms with E-state index in [-0.39, 0.29) is 12.3 Å². The predicted octanol–water partition coefficient (Wildman–Crippen LogP) is 2.94. The Bertz CT molecular complexity index is 611. The van der Waals surface area contributed by atoms with Crippen LogP contribution in [0.5, 0.6) is 0 Å². The highest BCUT2D eigenvalue weighted by molar-refractivity contribution is 7.15. The summed E-state index contributed by atoms with van der Waals surface area (Å²) in [6.07, 6.45) is 4.15. The van der Waals surface area contributed by atoms with Crippen molar-refractivity contribution in [3.63, 3.8) is 0 Å². The zero-order valence-corrected chi connectivity index (χ0v) is 12.1. The molecule has 0 radical (unpaired) electrons. The van der Waals surface area contributed by atoms with Crippen LogP contribution in [0.25, 0.3) is 10.8 Å². The summed E-state index contributed by atoms with van der Waals surface area (Å²) in [7, 11) is 0. The van der Waals surface area contributed by atoms with Crippen LogP contribution in [-0.4, -0.2) is 21.3 Å². The molecule has 0 saturated heterocycles. The van der Waals surface area contributed by atoms with Gasteiger partial charge in [-0.1, -0.05) is 6.92 Å². The number of hydrogen-bond donors (Lipinski definition) is 1. The van der Waals surface area contributed by atoms with E-state index in [2.05, 4.69) is 16.3 Å². The molecule has 1 aliphatic rings. The second-order valence-corrected chi connectivity index (χ2v) is 6.46. The highest BCUT2D eigenvalue weighted by Crippen LogP contribution is 2.36. The average molecular weight is 292 g/mol. The fourth-order valence-electron chi connectivity index (χ4n) is 2.54. The van der Waals surface area contributed by atoms with E-state index < -0.39 is 5.97 Å². The summed E-state index contributed by atoms with van der Waals surface area (Å²) in [5.74, 6) is 0.269. The summed E-state index contributed by atoms with van der Waals surface area (Å²) in [5, 5.41) is 16.8. The number of thiophene rings is 1. The lowest BCUT2D eigenvalue weighted by molar-refractivity contribution is -0.137. The van der Waals surface area contributed by atoms with E-state index in [4.69, 9.17) is 9.52 Å². The first-order valence-electron chi connectivity index (χ1n) is 6.78. The largest absolute Gasteiger partial charge is 0.481 e. The van der Waals surface area contributed by atoms with Gasteiger partial charge in [0.1, 0.15) is 0 Å². The number of carboxylic acids is 1. The van der Waals surface area contributed by atoms with E-state index in [0.717, 1.165) is 17.7 Å². The van der Waals surface area contributed by atoms with Crippen molar-refractivity contribution in [1.82, 2.24) is 10.2 Å². The highest BCUT2D eigenvalue weighted by Gasteiger charge is 2.19. The van der Waals surface area contributed by atoms with Crippen molar-refractivity contribution in [2.24, 2.45) is 5.92 Å². The monoisotopic (exact) mass is 292 g/mol. The van der Waals surface area contributed by atoms with Crippen LogP contribution in [0.3, 0.4) is 0 Å². The maximum atomic E-state index is 10.6. The Kier molecular flexibility index (Phi) is 3.56. The van der Waals surface area contributed by atoms with Crippen molar-refractivity contribution in [1.29, 1.82) is 0 Å². The molecule has 1 aliphatic carbocycles. The number of carbonyl (C=O) groups is 1. The number of fused-ring (bicyclic) bond motifs is 1. The van der Waals surface area contributed by atoms with Crippen LogP contribution < -0.4 is 0 Å². The molecule has 1 atom stereocenters. The van der Waals surface area contributed by atoms with Crippen LogP contribution in [0.2, 0.25) is 0 Å². The number of hydrogen-bond acceptors (Lipinski definition) is 5. The van der Waals surface area contributed by atoms with Crippen molar-refractivity contribution in [2.45, 2.75) is 39.0 Å². The predicted molar refractivity (Wildman–Crippen MR) is 74.8 cm³/mol. The standard InChI is InChI=1S/C14H16N2O3S/c1-8(6-13(17)18)5-12-15-16-14(19-12)11-7-9-3-2-4-10(9)20-11/h7-8H,2-6H2,1H3,(H,17,18). The average Bonchev–Trinajstić information content (AvgIpc) is 2.99. The van der Waals surface area contributed by atoms with E-state index in [0.29, 0.717) is 18.2 Å². The maximum Gasteiger partial charge on any atom is 0.303 e. The molecule has 0 amide bonds. The molecule has 0 bridgehead atoms. The molecule has 20 heavy (non-hydrogen) atoms. The van der Waals surface area contributed by atoms with Gasteiger partial charge in [0.25, 0.3) is 5.89 Å². The third-order valence-electron chi connectivity index (χ3n) is 3.47. The fourth-order valence-corrected chi connectivity index (χ4v) is 3.71. The van der Waals surface area contributed by atoms with Crippen molar-refractivity contribution >= 4 is 17.3 Å². The SMILES string of the molecule is CC(CC(=O)O)Cc1nnc(-c2cc3c(s2)CCC3)o1. The molecule has 0 fully saturated rings. The maximum absolute atomic E-state index is 10.6. The summed E-state index contributed by atoms with van der Waals surface area (Å²) in [6, 6.07) is 2.14. The molecule has 0 aromatic carbocycles. The fraction of sp³-hybridized carbons (Fsp3) is 0.500. The third-order valence-corrected chi connectivity index (χ3v) is 4.70. The minimum atomic E-state index is -0.799. The molecule has 1 unspecified atom stereocenters. The topological polar surface area (TPSA) is 76.2 Å². The molecule has 0 saturated carbocycles. The minimum Gasteiger partial charge on any atom is -0.481 e. The number of nitrogens with zero attached hydrogens (tertiary/aromatic N) is 2. The van der Waals surface area contributed by atoms with Crippen molar-refractivity contribution in [2.75, 3.05) is 0 Å². The third kappa shape index (κ3) is 2.75. The summed E-state index contributed by atoms with van der Waals surface area (Å²) in [5.41, 5.74) is 1.41. The Morgan fingerprint density at radius 3 is 3.10 bits per heavy atom. The molecule has 1 N–H and O–H groups in total. The van der Waals surface area contributed by atoms with Crippen molar-refractivity contribution < 1.29 is 14.3 Å². The number of aliphatic carboxylic acids is 1. The van der Waals surface area contributed by atoms with Gasteiger partial charge in [0.2, 0.25) is 5.89 Å². The molecule has 0 spiro atoms. The van der Waals surface area contributed by atoms with Crippen LogP contribution in [0.15, 0.2) is 10.5 Å². The van der Waals surface area contributed by atoms with Gasteiger partial charge >= 0.3 is 5.97 Å². The molecular weight excluding hydrogens is 276 g/mol. The van der Waals surface area contributed by atoms with E-state index >= 15 is 0 Å². The Hall–Kier alpha value is -1.69. The van der Waals surface area contributed by atoms with Crippen LogP contribution in [-0.2, 0) is 24.1 Å². The van der Waals surface area contributed by atoms with Gasteiger partial charge in [-0.25, -0.2) is 0 Å². The van der Waals surface area contributed by atoms with Crippen molar-refractivity contribution in [3.05, 3.63) is 22.4 Å². The smallest absolute Gasteiger partial charge is 0.303 e. The zero-order chi connectivity index (χ0) is 14.1. The van der Waals surface area contributed by atoms with Gasteiger partial charge in [-0.2, -0.15) is 0 Å². The molecule has 0 aliphatic heterocycles. The summed E-state index contributed by atoms with van der Waals surface area (Å²) in [4.78, 5) is 13.1. The van der Waals surface area contributed by atoms with Crippen molar-refractivity contribution in [3.8, 4) is 10.8 Å². The lowest BCUT2D eigenvalue weighted by Crippen LogP contribution is -2.07. The summed E-state index contributed by atoms with van der Waals surface area (Å²) in [6.45, 7) is 1.87. The Balaban J connectivity index is 1.71. The van der Waals surface area contributed by atoms with E-state index in [1.165, 1.54) is 16.9 Å². The number of carboxylic acid groups (broad SMARTS) is 1. The number of aromatic nitrogens is 2. The lowest BCUT2D eigenvalue weighted by atomic mass is 10.0. The summed E-state index contributed by atoms with van der Waals surface area (Å²) >= 11 is 1.73. The minimum absolute atomic E-state index is 0.00542. The second kappa shape index (κ2) is 5.36. The van der Waals surface area contributed by atoms with Gasteiger partial charge in [0.05, 0.1) is 4.88 Å². The van der Waals surface area contributed by atoms with Gasteiger partial charge in [-0.05, 0) is 36.8 Å². The Morgan fingerprint density at radius 2 is 2.35 bits per heavy atom. The lowest BCUT2D eigenvalue weighted by Gasteiger charge is -2.03. The molecular formula is C14H16N2O3S. The molecule has 6 heteroatoms. The van der Waals surface area contributed by atoms with Gasteiger partial charge in [0.15, 0.2) is 0 Å². The highest BCUT2D eigenvalue weighted by atomic mass is 32.1. The molecule has 3 rings (SSSR count). The normalized spacial score (nSPS) is 15.2. The van der Waals surface area contributed by atoms with Crippen LogP contribution in [0, 0.1) is 5.92 Å². The Labute approximate surface area is 120 Å². The van der Waals surface area contributed by atoms with E-state index in [1.54, 1.807) is 11.3 Å². The number of rotatable bonds is 5. The molecule has 2 heterocycles. The van der Waals surface area contributed by atoms with Crippen LogP contribution in [0.1, 0.15) is 36.1 Å². The zero-order valence-electron chi connectivity index (χ0n) is 11.3. The van der Waals surface area contributed by atoms with Gasteiger partial charge in [-0.15, -0.1) is 21.5 Å². The van der Waals surface area contributed by atoms with Crippen LogP contribution >= 0.6 is 11.3 Å². The first kappa shape index (κ1) is 13.3. The van der Waals surface area contributed by atoms with Gasteiger partial charge in [-0.3, -0.25) is 4.79 Å². The van der Waals surface area contributed by atoms with Crippen LogP contribution in [0.4, 0.5) is 0 Å². The quantitative estimate of drug-likeness (QED) is 0.917.